The fraction of sp³-hybridized carbons (Fsp3) is 0.205. The first-order chi connectivity index (χ1) is 22.7. The lowest BCUT2D eigenvalue weighted by molar-refractivity contribution is -0.122. The molecule has 2 atom stereocenters. The number of carbonyl (C=O) groups excluding carboxylic acids is 1. The molecule has 0 aliphatic carbocycles. The Morgan fingerprint density at radius 3 is 1.96 bits per heavy atom. The summed E-state index contributed by atoms with van der Waals surface area (Å²) in [7, 11) is 1.87. The average Bonchev–Trinajstić information content (AvgIpc) is 3.78. The Bertz CT molecular complexity index is 1810. The molecule has 6 aromatic rings. The number of benzene rings is 4. The van der Waals surface area contributed by atoms with Crippen LogP contribution in [0.1, 0.15) is 46.8 Å². The smallest absolute Gasteiger partial charge is 0.226 e. The van der Waals surface area contributed by atoms with Crippen LogP contribution in [0, 0.1) is 0 Å². The Kier molecular flexibility index (Phi) is 8.31. The van der Waals surface area contributed by atoms with Gasteiger partial charge in [0.2, 0.25) is 5.91 Å². The molecule has 0 spiro atoms. The first-order valence-electron chi connectivity index (χ1n) is 15.9. The molecule has 3 heterocycles. The molecule has 0 bridgehead atoms. The van der Waals surface area contributed by atoms with E-state index in [-0.39, 0.29) is 24.5 Å². The van der Waals surface area contributed by atoms with E-state index < -0.39 is 5.54 Å². The van der Waals surface area contributed by atoms with Crippen LogP contribution in [0.5, 0.6) is 0 Å². The van der Waals surface area contributed by atoms with E-state index in [2.05, 4.69) is 88.1 Å². The van der Waals surface area contributed by atoms with Crippen molar-refractivity contribution in [3.63, 3.8) is 0 Å². The minimum Gasteiger partial charge on any atom is -0.376 e. The maximum absolute atomic E-state index is 13.7. The minimum atomic E-state index is -0.809. The number of nitrogens with one attached hydrogen (secondary N) is 2. The largest absolute Gasteiger partial charge is 0.376 e. The standard InChI is InChI=1S/C39H37N5O2/c1-40-38-33-27-41-32(26-36(45)42-37(35-23-14-24-46-35)28-15-6-2-7-16-28)25-34(33)44(43-38)39(29-17-8-3-9-18-29,30-19-10-4-11-20-30)31-21-12-5-13-22-31/h2-13,15-22,25,27,35,37H,14,23-24,26H2,1H3,(H,40,43)(H,42,45). The Morgan fingerprint density at radius 2 is 1.43 bits per heavy atom. The highest BCUT2D eigenvalue weighted by molar-refractivity contribution is 5.91. The van der Waals surface area contributed by atoms with Gasteiger partial charge in [0.1, 0.15) is 5.54 Å². The summed E-state index contributed by atoms with van der Waals surface area (Å²) in [5.74, 6) is 0.616. The summed E-state index contributed by atoms with van der Waals surface area (Å²) in [4.78, 5) is 18.4. The van der Waals surface area contributed by atoms with E-state index in [1.165, 1.54) is 0 Å². The van der Waals surface area contributed by atoms with Gasteiger partial charge in [0.25, 0.3) is 0 Å². The number of hydrogen-bond donors (Lipinski definition) is 2. The molecular formula is C39H37N5O2. The quantitative estimate of drug-likeness (QED) is 0.166. The van der Waals surface area contributed by atoms with E-state index in [1.807, 2.05) is 67.8 Å². The van der Waals surface area contributed by atoms with E-state index in [0.29, 0.717) is 18.1 Å². The lowest BCUT2D eigenvalue weighted by Gasteiger charge is -2.37. The normalized spacial score (nSPS) is 15.5. The second-order valence-electron chi connectivity index (χ2n) is 11.7. The van der Waals surface area contributed by atoms with Crippen LogP contribution < -0.4 is 10.6 Å². The number of amides is 1. The van der Waals surface area contributed by atoms with Crippen molar-refractivity contribution >= 4 is 22.6 Å². The van der Waals surface area contributed by atoms with Gasteiger partial charge in [0, 0.05) is 19.9 Å². The molecule has 7 rings (SSSR count). The van der Waals surface area contributed by atoms with Crippen molar-refractivity contribution in [2.24, 2.45) is 0 Å². The molecule has 4 aromatic carbocycles. The summed E-state index contributed by atoms with van der Waals surface area (Å²) in [5.41, 5.74) is 4.97. The molecule has 1 aliphatic heterocycles. The predicted octanol–water partition coefficient (Wildman–Crippen LogP) is 6.89. The van der Waals surface area contributed by atoms with Gasteiger partial charge in [-0.1, -0.05) is 121 Å². The van der Waals surface area contributed by atoms with Gasteiger partial charge in [-0.25, -0.2) is 4.68 Å². The second-order valence-corrected chi connectivity index (χ2v) is 11.7. The molecule has 2 N–H and O–H groups in total. The summed E-state index contributed by atoms with van der Waals surface area (Å²) < 4.78 is 8.12. The Labute approximate surface area is 269 Å². The maximum Gasteiger partial charge on any atom is 0.226 e. The summed E-state index contributed by atoms with van der Waals surface area (Å²) in [6.45, 7) is 0.714. The summed E-state index contributed by atoms with van der Waals surface area (Å²) in [6.07, 6.45) is 3.81. The number of pyridine rings is 1. The van der Waals surface area contributed by atoms with Gasteiger partial charge in [0.15, 0.2) is 5.82 Å². The average molecular weight is 608 g/mol. The van der Waals surface area contributed by atoms with Gasteiger partial charge in [0.05, 0.1) is 35.2 Å². The Morgan fingerprint density at radius 1 is 0.870 bits per heavy atom. The summed E-state index contributed by atoms with van der Waals surface area (Å²) >= 11 is 0. The number of anilines is 1. The van der Waals surface area contributed by atoms with Crippen LogP contribution in [0.15, 0.2) is 134 Å². The molecule has 7 nitrogen and oxygen atoms in total. The third-order valence-corrected chi connectivity index (χ3v) is 8.90. The van der Waals surface area contributed by atoms with E-state index in [1.54, 1.807) is 0 Å². The molecule has 1 fully saturated rings. The number of hydrogen-bond acceptors (Lipinski definition) is 5. The van der Waals surface area contributed by atoms with Crippen LogP contribution in [0.3, 0.4) is 0 Å². The van der Waals surface area contributed by atoms with Gasteiger partial charge in [-0.2, -0.15) is 5.10 Å². The van der Waals surface area contributed by atoms with Crippen molar-refractivity contribution in [1.29, 1.82) is 0 Å². The minimum absolute atomic E-state index is 0.0513. The second kappa shape index (κ2) is 13.0. The van der Waals surface area contributed by atoms with Crippen LogP contribution >= 0.6 is 0 Å². The van der Waals surface area contributed by atoms with Crippen molar-refractivity contribution in [1.82, 2.24) is 20.1 Å². The third-order valence-electron chi connectivity index (χ3n) is 8.90. The van der Waals surface area contributed by atoms with E-state index in [4.69, 9.17) is 14.8 Å². The molecule has 2 unspecified atom stereocenters. The first kappa shape index (κ1) is 29.4. The van der Waals surface area contributed by atoms with Crippen LogP contribution in [-0.4, -0.2) is 40.4 Å². The molecule has 7 heteroatoms. The number of carbonyl (C=O) groups is 1. The first-order valence-corrected chi connectivity index (χ1v) is 15.9. The van der Waals surface area contributed by atoms with Crippen LogP contribution in [0.25, 0.3) is 10.9 Å². The number of aromatic nitrogens is 3. The number of nitrogens with zero attached hydrogens (tertiary/aromatic N) is 3. The van der Waals surface area contributed by atoms with E-state index in [0.717, 1.165) is 46.0 Å². The molecule has 46 heavy (non-hydrogen) atoms. The molecule has 0 radical (unpaired) electrons. The van der Waals surface area contributed by atoms with E-state index >= 15 is 0 Å². The number of ether oxygens (including phenoxy) is 1. The van der Waals surface area contributed by atoms with Gasteiger partial charge < -0.3 is 15.4 Å². The van der Waals surface area contributed by atoms with Gasteiger partial charge in [-0.05, 0) is 41.2 Å². The maximum atomic E-state index is 13.7. The molecule has 1 aliphatic rings. The lowest BCUT2D eigenvalue weighted by Crippen LogP contribution is -2.38. The topological polar surface area (TPSA) is 81.1 Å². The number of rotatable bonds is 10. The Balaban J connectivity index is 1.35. The Hall–Kier alpha value is -5.27. The zero-order valence-corrected chi connectivity index (χ0v) is 25.8. The molecular weight excluding hydrogens is 570 g/mol. The monoisotopic (exact) mass is 607 g/mol. The van der Waals surface area contributed by atoms with Gasteiger partial charge >= 0.3 is 0 Å². The summed E-state index contributed by atoms with van der Waals surface area (Å²) in [5, 5.41) is 12.7. The number of fused-ring (bicyclic) bond motifs is 1. The van der Waals surface area contributed by atoms with Crippen LogP contribution in [-0.2, 0) is 21.5 Å². The lowest BCUT2D eigenvalue weighted by atomic mass is 9.77. The molecule has 2 aromatic heterocycles. The highest BCUT2D eigenvalue weighted by atomic mass is 16.5. The van der Waals surface area contributed by atoms with Crippen molar-refractivity contribution < 1.29 is 9.53 Å². The van der Waals surface area contributed by atoms with Crippen molar-refractivity contribution in [2.75, 3.05) is 19.0 Å². The SMILES string of the molecule is CNc1nn(C(c2ccccc2)(c2ccccc2)c2ccccc2)c2cc(CC(=O)NC(c3ccccc3)C3CCCO3)ncc12. The third kappa shape index (κ3) is 5.43. The molecule has 1 saturated heterocycles. The zero-order valence-electron chi connectivity index (χ0n) is 25.8. The van der Waals surface area contributed by atoms with Gasteiger partial charge in [-0.3, -0.25) is 9.78 Å². The van der Waals surface area contributed by atoms with Crippen LogP contribution in [0.4, 0.5) is 5.82 Å². The summed E-state index contributed by atoms with van der Waals surface area (Å²) in [6, 6.07) is 43.2. The molecule has 1 amide bonds. The van der Waals surface area contributed by atoms with Crippen LogP contribution in [0.2, 0.25) is 0 Å². The van der Waals surface area contributed by atoms with Crippen molar-refractivity contribution in [3.05, 3.63) is 162 Å². The highest BCUT2D eigenvalue weighted by Gasteiger charge is 2.41. The molecule has 0 saturated carbocycles. The highest BCUT2D eigenvalue weighted by Crippen LogP contribution is 2.43. The fourth-order valence-electron chi connectivity index (χ4n) is 6.80. The fourth-order valence-corrected chi connectivity index (χ4v) is 6.80. The van der Waals surface area contributed by atoms with Crippen molar-refractivity contribution in [3.8, 4) is 0 Å². The zero-order chi connectivity index (χ0) is 31.3. The van der Waals surface area contributed by atoms with E-state index in [9.17, 15) is 4.79 Å². The van der Waals surface area contributed by atoms with Gasteiger partial charge in [-0.15, -0.1) is 0 Å². The van der Waals surface area contributed by atoms with Crippen molar-refractivity contribution in [2.45, 2.75) is 36.9 Å². The predicted molar refractivity (Wildman–Crippen MR) is 182 cm³/mol. The molecule has 230 valence electrons.